The first kappa shape index (κ1) is 15.3. The Bertz CT molecular complexity index is 593. The number of nitrogens with zero attached hydrogens (tertiary/aromatic N) is 2. The van der Waals surface area contributed by atoms with E-state index < -0.39 is 0 Å². The van der Waals surface area contributed by atoms with Crippen LogP contribution in [-0.4, -0.2) is 23.6 Å². The lowest BCUT2D eigenvalue weighted by molar-refractivity contribution is 0.128. The van der Waals surface area contributed by atoms with Gasteiger partial charge in [-0.15, -0.1) is 0 Å². The standard InChI is InChI=1S/C16H22N4O/c1-5-21-10-16-19-14(17-4)9-15(20-16)18-13-7-11(2)6-12(3)8-13/h6-9H,5,10H2,1-4H3,(H2,17,18,19,20). The van der Waals surface area contributed by atoms with Crippen molar-refractivity contribution >= 4 is 17.3 Å². The second-order valence-corrected chi connectivity index (χ2v) is 4.94. The second-order valence-electron chi connectivity index (χ2n) is 4.94. The Kier molecular flexibility index (Phi) is 5.11. The van der Waals surface area contributed by atoms with Gasteiger partial charge in [0.15, 0.2) is 5.82 Å². The third kappa shape index (κ3) is 4.43. The molecule has 0 saturated heterocycles. The molecule has 0 unspecified atom stereocenters. The Labute approximate surface area is 125 Å². The molecule has 1 heterocycles. The Morgan fingerprint density at radius 3 is 2.29 bits per heavy atom. The van der Waals surface area contributed by atoms with Gasteiger partial charge in [0, 0.05) is 25.4 Å². The fourth-order valence-corrected chi connectivity index (χ4v) is 2.14. The predicted molar refractivity (Wildman–Crippen MR) is 86.1 cm³/mol. The van der Waals surface area contributed by atoms with Crippen molar-refractivity contribution < 1.29 is 4.74 Å². The normalized spacial score (nSPS) is 10.5. The van der Waals surface area contributed by atoms with E-state index in [-0.39, 0.29) is 0 Å². The lowest BCUT2D eigenvalue weighted by Gasteiger charge is -2.11. The molecule has 0 aliphatic carbocycles. The van der Waals surface area contributed by atoms with Gasteiger partial charge in [0.25, 0.3) is 0 Å². The van der Waals surface area contributed by atoms with Crippen LogP contribution in [0.1, 0.15) is 23.9 Å². The van der Waals surface area contributed by atoms with Crippen LogP contribution in [0, 0.1) is 13.8 Å². The number of ether oxygens (including phenoxy) is 1. The molecule has 21 heavy (non-hydrogen) atoms. The van der Waals surface area contributed by atoms with Crippen LogP contribution >= 0.6 is 0 Å². The molecule has 0 radical (unpaired) electrons. The zero-order valence-corrected chi connectivity index (χ0v) is 13.0. The third-order valence-electron chi connectivity index (χ3n) is 2.96. The minimum atomic E-state index is 0.410. The maximum Gasteiger partial charge on any atom is 0.158 e. The fraction of sp³-hybridized carbons (Fsp3) is 0.375. The summed E-state index contributed by atoms with van der Waals surface area (Å²) in [5.74, 6) is 2.19. The maximum atomic E-state index is 5.38. The Morgan fingerprint density at radius 1 is 1.00 bits per heavy atom. The van der Waals surface area contributed by atoms with Gasteiger partial charge in [-0.3, -0.25) is 0 Å². The lowest BCUT2D eigenvalue weighted by Crippen LogP contribution is -2.05. The van der Waals surface area contributed by atoms with Gasteiger partial charge in [-0.1, -0.05) is 6.07 Å². The molecule has 0 bridgehead atoms. The van der Waals surface area contributed by atoms with Gasteiger partial charge in [-0.05, 0) is 44.0 Å². The van der Waals surface area contributed by atoms with E-state index in [1.54, 1.807) is 0 Å². The van der Waals surface area contributed by atoms with E-state index in [1.807, 2.05) is 20.0 Å². The molecule has 0 aliphatic heterocycles. The number of rotatable bonds is 6. The molecule has 5 nitrogen and oxygen atoms in total. The average Bonchev–Trinajstić information content (AvgIpc) is 2.43. The van der Waals surface area contributed by atoms with Crippen LogP contribution in [0.5, 0.6) is 0 Å². The Hall–Kier alpha value is -2.14. The lowest BCUT2D eigenvalue weighted by atomic mass is 10.1. The minimum Gasteiger partial charge on any atom is -0.374 e. The molecule has 5 heteroatoms. The molecule has 2 rings (SSSR count). The van der Waals surface area contributed by atoms with Crippen LogP contribution < -0.4 is 10.6 Å². The number of aryl methyl sites for hydroxylation is 2. The molecule has 0 fully saturated rings. The summed E-state index contributed by atoms with van der Waals surface area (Å²) < 4.78 is 5.38. The number of benzene rings is 1. The van der Waals surface area contributed by atoms with Gasteiger partial charge in [-0.25, -0.2) is 9.97 Å². The van der Waals surface area contributed by atoms with Gasteiger partial charge in [-0.2, -0.15) is 0 Å². The molecule has 0 aliphatic rings. The summed E-state index contributed by atoms with van der Waals surface area (Å²) in [5, 5.41) is 6.38. The first-order valence-electron chi connectivity index (χ1n) is 7.09. The molecule has 0 spiro atoms. The summed E-state index contributed by atoms with van der Waals surface area (Å²) in [6.07, 6.45) is 0. The van der Waals surface area contributed by atoms with E-state index >= 15 is 0 Å². The highest BCUT2D eigenvalue weighted by molar-refractivity contribution is 5.60. The van der Waals surface area contributed by atoms with Gasteiger partial charge in [0.2, 0.25) is 0 Å². The van der Waals surface area contributed by atoms with Crippen LogP contribution in [0.4, 0.5) is 17.3 Å². The summed E-state index contributed by atoms with van der Waals surface area (Å²) in [4.78, 5) is 8.87. The minimum absolute atomic E-state index is 0.410. The van der Waals surface area contributed by atoms with E-state index in [4.69, 9.17) is 4.74 Å². The van der Waals surface area contributed by atoms with E-state index in [0.717, 1.165) is 17.3 Å². The molecule has 112 valence electrons. The van der Waals surface area contributed by atoms with E-state index in [2.05, 4.69) is 52.6 Å². The van der Waals surface area contributed by atoms with Gasteiger partial charge in [0.05, 0.1) is 0 Å². The van der Waals surface area contributed by atoms with Crippen LogP contribution in [0.25, 0.3) is 0 Å². The fourth-order valence-electron chi connectivity index (χ4n) is 2.14. The van der Waals surface area contributed by atoms with Gasteiger partial charge < -0.3 is 15.4 Å². The van der Waals surface area contributed by atoms with Crippen LogP contribution in [0.3, 0.4) is 0 Å². The summed E-state index contributed by atoms with van der Waals surface area (Å²) >= 11 is 0. The van der Waals surface area contributed by atoms with Crippen molar-refractivity contribution in [2.45, 2.75) is 27.4 Å². The second kappa shape index (κ2) is 7.04. The number of anilines is 3. The molecule has 2 aromatic rings. The van der Waals surface area contributed by atoms with E-state index in [0.29, 0.717) is 19.0 Å². The number of hydrogen-bond donors (Lipinski definition) is 2. The van der Waals surface area contributed by atoms with E-state index in [1.165, 1.54) is 11.1 Å². The summed E-state index contributed by atoms with van der Waals surface area (Å²) in [6.45, 7) is 7.17. The molecule has 2 N–H and O–H groups in total. The van der Waals surface area contributed by atoms with Crippen LogP contribution in [0.15, 0.2) is 24.3 Å². The Morgan fingerprint density at radius 2 is 1.67 bits per heavy atom. The van der Waals surface area contributed by atoms with Gasteiger partial charge >= 0.3 is 0 Å². The smallest absolute Gasteiger partial charge is 0.158 e. The Balaban J connectivity index is 2.25. The molecule has 1 aromatic carbocycles. The molecular formula is C16H22N4O. The average molecular weight is 286 g/mol. The van der Waals surface area contributed by atoms with Gasteiger partial charge in [0.1, 0.15) is 18.2 Å². The molecule has 0 atom stereocenters. The highest BCUT2D eigenvalue weighted by atomic mass is 16.5. The van der Waals surface area contributed by atoms with Crippen molar-refractivity contribution in [2.24, 2.45) is 0 Å². The quantitative estimate of drug-likeness (QED) is 0.852. The molecule has 0 saturated carbocycles. The van der Waals surface area contributed by atoms with Crippen LogP contribution in [0.2, 0.25) is 0 Å². The summed E-state index contributed by atoms with van der Waals surface area (Å²) in [5.41, 5.74) is 3.46. The topological polar surface area (TPSA) is 59.1 Å². The third-order valence-corrected chi connectivity index (χ3v) is 2.96. The highest BCUT2D eigenvalue weighted by Crippen LogP contribution is 2.20. The van der Waals surface area contributed by atoms with Crippen LogP contribution in [-0.2, 0) is 11.3 Å². The van der Waals surface area contributed by atoms with Crippen molar-refractivity contribution in [3.05, 3.63) is 41.2 Å². The number of hydrogen-bond acceptors (Lipinski definition) is 5. The number of nitrogens with one attached hydrogen (secondary N) is 2. The maximum absolute atomic E-state index is 5.38. The molecule has 1 aromatic heterocycles. The largest absolute Gasteiger partial charge is 0.374 e. The summed E-state index contributed by atoms with van der Waals surface area (Å²) in [7, 11) is 1.84. The van der Waals surface area contributed by atoms with Crippen molar-refractivity contribution in [2.75, 3.05) is 24.3 Å². The highest BCUT2D eigenvalue weighted by Gasteiger charge is 2.05. The van der Waals surface area contributed by atoms with Crippen molar-refractivity contribution in [1.82, 2.24) is 9.97 Å². The monoisotopic (exact) mass is 286 g/mol. The first-order valence-corrected chi connectivity index (χ1v) is 7.09. The van der Waals surface area contributed by atoms with Crippen molar-refractivity contribution in [3.8, 4) is 0 Å². The molecule has 0 amide bonds. The van der Waals surface area contributed by atoms with E-state index in [9.17, 15) is 0 Å². The number of aromatic nitrogens is 2. The summed E-state index contributed by atoms with van der Waals surface area (Å²) in [6, 6.07) is 8.21. The predicted octanol–water partition coefficient (Wildman–Crippen LogP) is 3.42. The SMILES string of the molecule is CCOCc1nc(NC)cc(Nc2cc(C)cc(C)c2)n1. The first-order chi connectivity index (χ1) is 10.1. The zero-order valence-electron chi connectivity index (χ0n) is 13.0. The van der Waals surface area contributed by atoms with Crippen molar-refractivity contribution in [3.63, 3.8) is 0 Å². The zero-order chi connectivity index (χ0) is 15.2. The van der Waals surface area contributed by atoms with Crippen molar-refractivity contribution in [1.29, 1.82) is 0 Å². The molecular weight excluding hydrogens is 264 g/mol.